The molecule has 0 aliphatic carbocycles. The molecule has 0 radical (unpaired) electrons. The second kappa shape index (κ2) is 55.4. The maximum absolute atomic E-state index is 13.4. The number of ether oxygens (including phenoxy) is 3. The summed E-state index contributed by atoms with van der Waals surface area (Å²) in [5.74, 6) is -1.21. The Bertz CT molecular complexity index is 1610. The van der Waals surface area contributed by atoms with Crippen LogP contribution in [0.4, 0.5) is 0 Å². The topological polar surface area (TPSA) is 175 Å². The van der Waals surface area contributed by atoms with E-state index in [1.54, 1.807) is 6.08 Å². The number of aliphatic hydroxyl groups excluding tert-OH is 5. The number of amides is 1. The van der Waals surface area contributed by atoms with Crippen LogP contribution in [0.1, 0.15) is 271 Å². The van der Waals surface area contributed by atoms with E-state index < -0.39 is 67.4 Å². The number of allylic oxidation sites excluding steroid dienone is 13. The van der Waals surface area contributed by atoms with Gasteiger partial charge in [0.1, 0.15) is 24.4 Å². The van der Waals surface area contributed by atoms with Gasteiger partial charge in [-0.15, -0.1) is 0 Å². The fourth-order valence-corrected chi connectivity index (χ4v) is 9.67. The van der Waals surface area contributed by atoms with Gasteiger partial charge in [-0.05, 0) is 96.3 Å². The van der Waals surface area contributed by atoms with Gasteiger partial charge in [0.15, 0.2) is 12.4 Å². The van der Waals surface area contributed by atoms with E-state index in [9.17, 15) is 35.1 Å². The molecule has 0 aromatic heterocycles. The third-order valence-electron chi connectivity index (χ3n) is 14.8. The van der Waals surface area contributed by atoms with Gasteiger partial charge in [-0.3, -0.25) is 9.59 Å². The van der Waals surface area contributed by atoms with Crippen LogP contribution in [0.25, 0.3) is 0 Å². The Hall–Kier alpha value is -3.16. The Kier molecular flexibility index (Phi) is 51.8. The van der Waals surface area contributed by atoms with E-state index >= 15 is 0 Å². The van der Waals surface area contributed by atoms with Gasteiger partial charge < -0.3 is 45.1 Å². The summed E-state index contributed by atoms with van der Waals surface area (Å²) in [6.07, 6.45) is 61.9. The molecule has 456 valence electrons. The highest BCUT2D eigenvalue weighted by atomic mass is 16.7. The summed E-state index contributed by atoms with van der Waals surface area (Å²) in [5.41, 5.74) is 0. The molecule has 1 heterocycles. The summed E-state index contributed by atoms with van der Waals surface area (Å²) in [6, 6.07) is -1.03. The van der Waals surface area contributed by atoms with Crippen LogP contribution in [-0.4, -0.2) is 99.6 Å². The van der Waals surface area contributed by atoms with Crippen LogP contribution < -0.4 is 5.32 Å². The molecule has 1 saturated heterocycles. The third-order valence-corrected chi connectivity index (χ3v) is 14.8. The van der Waals surface area contributed by atoms with Crippen LogP contribution in [0.2, 0.25) is 0 Å². The first-order valence-corrected chi connectivity index (χ1v) is 32.4. The van der Waals surface area contributed by atoms with Gasteiger partial charge in [0.25, 0.3) is 0 Å². The molecule has 1 fully saturated rings. The van der Waals surface area contributed by atoms with Gasteiger partial charge in [-0.1, -0.05) is 254 Å². The molecule has 0 saturated carbocycles. The van der Waals surface area contributed by atoms with E-state index in [2.05, 4.69) is 99.0 Å². The number of rotatable bonds is 54. The molecule has 1 amide bonds. The first-order chi connectivity index (χ1) is 38.7. The molecule has 0 aromatic carbocycles. The summed E-state index contributed by atoms with van der Waals surface area (Å²) in [6.45, 7) is 5.65. The summed E-state index contributed by atoms with van der Waals surface area (Å²) in [4.78, 5) is 26.6. The van der Waals surface area contributed by atoms with Crippen molar-refractivity contribution in [2.45, 2.75) is 320 Å². The summed E-state index contributed by atoms with van der Waals surface area (Å²) in [5, 5.41) is 57.0. The lowest BCUT2D eigenvalue weighted by Gasteiger charge is -2.41. The first-order valence-electron chi connectivity index (χ1n) is 32.4. The second-order valence-corrected chi connectivity index (χ2v) is 22.1. The van der Waals surface area contributed by atoms with Crippen molar-refractivity contribution in [1.29, 1.82) is 0 Å². The Morgan fingerprint density at radius 1 is 0.506 bits per heavy atom. The van der Waals surface area contributed by atoms with Crippen molar-refractivity contribution >= 4 is 11.9 Å². The monoisotopic (exact) mass is 1110 g/mol. The molecule has 11 heteroatoms. The van der Waals surface area contributed by atoms with Gasteiger partial charge in [-0.2, -0.15) is 0 Å². The van der Waals surface area contributed by atoms with Crippen molar-refractivity contribution in [3.63, 3.8) is 0 Å². The highest BCUT2D eigenvalue weighted by Gasteiger charge is 2.47. The summed E-state index contributed by atoms with van der Waals surface area (Å²) in [7, 11) is 0. The number of esters is 1. The van der Waals surface area contributed by atoms with Crippen molar-refractivity contribution in [2.75, 3.05) is 13.2 Å². The molecular weight excluding hydrogens is 991 g/mol. The molecule has 1 aliphatic rings. The minimum absolute atomic E-state index is 0.112. The van der Waals surface area contributed by atoms with Gasteiger partial charge in [0.2, 0.25) is 5.91 Å². The average molecular weight is 1110 g/mol. The Morgan fingerprint density at radius 2 is 0.911 bits per heavy atom. The zero-order valence-electron chi connectivity index (χ0n) is 50.5. The standard InChI is InChI=1S/C68H119NO10/c1-4-7-10-13-16-19-22-24-26-27-28-29-30-31-32-33-34-35-36-38-41-44-47-50-53-56-63(73)79-66-65(75)64(74)62(57-70)78-68(66)77-58-59(60(71)54-51-48-45-42-39-21-18-15-12-9-6-3)69-67(76)61(72)55-52-49-46-43-40-37-25-23-20-17-14-11-8-5-2/h7,10,16,19-20,23-24,26,28-29,31-32,51,54,59-62,64-66,68,70-72,74-75H,4-6,8-9,11-15,17-18,21-22,25,27,30,33-50,52-53,55-58H2,1-3H3,(H,69,76)/b10-7-,19-16-,23-20-,26-24-,29-28-,32-31-,54-51+. The molecule has 1 rings (SSSR count). The minimum Gasteiger partial charge on any atom is -0.454 e. The van der Waals surface area contributed by atoms with Gasteiger partial charge in [0.05, 0.1) is 25.4 Å². The molecule has 1 aliphatic heterocycles. The molecule has 6 N–H and O–H groups in total. The van der Waals surface area contributed by atoms with E-state index in [1.165, 1.54) is 109 Å². The van der Waals surface area contributed by atoms with Crippen LogP contribution in [0.3, 0.4) is 0 Å². The number of carbonyl (C=O) groups is 2. The van der Waals surface area contributed by atoms with Crippen molar-refractivity contribution in [1.82, 2.24) is 5.32 Å². The van der Waals surface area contributed by atoms with E-state index in [-0.39, 0.29) is 19.4 Å². The number of carbonyl (C=O) groups excluding carboxylic acids is 2. The van der Waals surface area contributed by atoms with Crippen molar-refractivity contribution in [3.05, 3.63) is 85.1 Å². The summed E-state index contributed by atoms with van der Waals surface area (Å²) < 4.78 is 17.6. The second-order valence-electron chi connectivity index (χ2n) is 22.1. The maximum Gasteiger partial charge on any atom is 0.306 e. The van der Waals surface area contributed by atoms with Crippen molar-refractivity contribution in [2.24, 2.45) is 0 Å². The van der Waals surface area contributed by atoms with Crippen LogP contribution in [0, 0.1) is 0 Å². The normalized spacial score (nSPS) is 19.4. The highest BCUT2D eigenvalue weighted by Crippen LogP contribution is 2.26. The number of unbranched alkanes of at least 4 members (excludes halogenated alkanes) is 28. The van der Waals surface area contributed by atoms with Gasteiger partial charge >= 0.3 is 5.97 Å². The Morgan fingerprint density at radius 3 is 1.39 bits per heavy atom. The van der Waals surface area contributed by atoms with Gasteiger partial charge in [-0.25, -0.2) is 0 Å². The zero-order chi connectivity index (χ0) is 57.5. The van der Waals surface area contributed by atoms with E-state index in [0.29, 0.717) is 12.8 Å². The number of hydrogen-bond acceptors (Lipinski definition) is 10. The zero-order valence-corrected chi connectivity index (χ0v) is 50.5. The van der Waals surface area contributed by atoms with E-state index in [4.69, 9.17) is 14.2 Å². The predicted octanol–water partition coefficient (Wildman–Crippen LogP) is 15.7. The van der Waals surface area contributed by atoms with E-state index in [1.807, 2.05) is 6.08 Å². The molecule has 0 bridgehead atoms. The molecular formula is C68H119NO10. The minimum atomic E-state index is -1.62. The number of aliphatic hydroxyl groups is 5. The smallest absolute Gasteiger partial charge is 0.306 e. The first kappa shape index (κ1) is 73.9. The lowest BCUT2D eigenvalue weighted by molar-refractivity contribution is -0.305. The molecule has 8 unspecified atom stereocenters. The van der Waals surface area contributed by atoms with Crippen molar-refractivity contribution < 1.29 is 49.3 Å². The molecule has 0 spiro atoms. The van der Waals surface area contributed by atoms with Crippen LogP contribution >= 0.6 is 0 Å². The molecule has 0 aromatic rings. The fraction of sp³-hybridized carbons (Fsp3) is 0.765. The molecule has 11 nitrogen and oxygen atoms in total. The third kappa shape index (κ3) is 43.2. The van der Waals surface area contributed by atoms with Crippen LogP contribution in [-0.2, 0) is 23.8 Å². The SMILES string of the molecule is CC/C=C\C/C=C\C/C=C\C/C=C\C/C=C\CCCCCCCCCCCC(=O)OC1C(OCC(NC(=O)C(O)CCCCCCCC/C=C\CCCCCC)C(O)/C=C/CCCCCCCCCCC)OC(CO)C(O)C1O. The molecule has 8 atom stereocenters. The largest absolute Gasteiger partial charge is 0.454 e. The predicted molar refractivity (Wildman–Crippen MR) is 329 cm³/mol. The number of hydrogen-bond donors (Lipinski definition) is 6. The Balaban J connectivity index is 2.60. The number of nitrogens with one attached hydrogen (secondary N) is 1. The van der Waals surface area contributed by atoms with Gasteiger partial charge in [0, 0.05) is 6.42 Å². The van der Waals surface area contributed by atoms with Crippen LogP contribution in [0.15, 0.2) is 85.1 Å². The molecule has 79 heavy (non-hydrogen) atoms. The van der Waals surface area contributed by atoms with Crippen LogP contribution in [0.5, 0.6) is 0 Å². The highest BCUT2D eigenvalue weighted by molar-refractivity contribution is 5.80. The van der Waals surface area contributed by atoms with Crippen molar-refractivity contribution in [3.8, 4) is 0 Å². The quantitative estimate of drug-likeness (QED) is 0.0195. The lowest BCUT2D eigenvalue weighted by atomic mass is 9.99. The maximum atomic E-state index is 13.4. The average Bonchev–Trinajstić information content (AvgIpc) is 3.47. The van der Waals surface area contributed by atoms with E-state index in [0.717, 1.165) is 116 Å². The fourth-order valence-electron chi connectivity index (χ4n) is 9.67. The Labute approximate surface area is 483 Å². The summed E-state index contributed by atoms with van der Waals surface area (Å²) >= 11 is 0. The lowest BCUT2D eigenvalue weighted by Crippen LogP contribution is -2.61.